The molecular weight excluding hydrogens is 288 g/mol. The summed E-state index contributed by atoms with van der Waals surface area (Å²) in [4.78, 5) is 11.0. The predicted octanol–water partition coefficient (Wildman–Crippen LogP) is 0.962. The zero-order valence-corrected chi connectivity index (χ0v) is 12.4. The van der Waals surface area contributed by atoms with Crippen LogP contribution in [0.3, 0.4) is 0 Å². The Morgan fingerprint density at radius 1 is 1.47 bits per heavy atom. The third kappa shape index (κ3) is 5.59. The summed E-state index contributed by atoms with van der Waals surface area (Å²) in [5.41, 5.74) is 6.27. The third-order valence-corrected chi connectivity index (χ3v) is 3.99. The van der Waals surface area contributed by atoms with Crippen LogP contribution in [0.25, 0.3) is 0 Å². The monoisotopic (exact) mass is 304 g/mol. The minimum Gasteiger partial charge on any atom is -0.366 e. The van der Waals surface area contributed by atoms with E-state index in [0.29, 0.717) is 17.1 Å². The molecular formula is C12H17ClN2O3S. The Kier molecular flexibility index (Phi) is 5.34. The summed E-state index contributed by atoms with van der Waals surface area (Å²) in [7, 11) is -3.01. The van der Waals surface area contributed by atoms with Gasteiger partial charge in [0.2, 0.25) is 5.91 Å². The molecule has 0 saturated heterocycles. The summed E-state index contributed by atoms with van der Waals surface area (Å²) >= 11 is 6.02. The topological polar surface area (TPSA) is 89.3 Å². The van der Waals surface area contributed by atoms with Crippen molar-refractivity contribution in [2.24, 2.45) is 5.73 Å². The van der Waals surface area contributed by atoms with Crippen molar-refractivity contribution < 1.29 is 13.2 Å². The van der Waals surface area contributed by atoms with Crippen molar-refractivity contribution >= 4 is 27.3 Å². The van der Waals surface area contributed by atoms with Crippen LogP contribution >= 0.6 is 11.6 Å². The number of sulfone groups is 1. The molecule has 1 amide bonds. The van der Waals surface area contributed by atoms with Crippen LogP contribution < -0.4 is 11.1 Å². The lowest BCUT2D eigenvalue weighted by molar-refractivity contribution is 0.100. The van der Waals surface area contributed by atoms with E-state index < -0.39 is 15.7 Å². The standard InChI is InChI=1S/C12H17ClN2O3S/c1-8(7-19(2,17)18)15-6-10-4-3-9(12(14)16)5-11(10)13/h3-5,8,15H,6-7H2,1-2H3,(H2,14,16). The quantitative estimate of drug-likeness (QED) is 0.819. The van der Waals surface area contributed by atoms with Gasteiger partial charge in [-0.25, -0.2) is 8.42 Å². The van der Waals surface area contributed by atoms with Gasteiger partial charge in [-0.2, -0.15) is 0 Å². The molecule has 0 spiro atoms. The van der Waals surface area contributed by atoms with E-state index >= 15 is 0 Å². The van der Waals surface area contributed by atoms with Gasteiger partial charge < -0.3 is 11.1 Å². The summed E-state index contributed by atoms with van der Waals surface area (Å²) in [5.74, 6) is -0.476. The first-order valence-corrected chi connectivity index (χ1v) is 8.12. The molecule has 0 aromatic heterocycles. The highest BCUT2D eigenvalue weighted by atomic mass is 35.5. The number of benzene rings is 1. The Bertz CT molecular complexity index is 572. The first-order valence-electron chi connectivity index (χ1n) is 5.68. The van der Waals surface area contributed by atoms with Crippen molar-refractivity contribution in [1.29, 1.82) is 0 Å². The molecule has 3 N–H and O–H groups in total. The van der Waals surface area contributed by atoms with Gasteiger partial charge in [0.05, 0.1) is 5.75 Å². The van der Waals surface area contributed by atoms with Gasteiger partial charge in [0.25, 0.3) is 0 Å². The number of carbonyl (C=O) groups excluding carboxylic acids is 1. The number of hydrogen-bond donors (Lipinski definition) is 2. The van der Waals surface area contributed by atoms with E-state index in [9.17, 15) is 13.2 Å². The number of nitrogens with one attached hydrogen (secondary N) is 1. The van der Waals surface area contributed by atoms with E-state index in [1.807, 2.05) is 0 Å². The van der Waals surface area contributed by atoms with Crippen LogP contribution in [-0.4, -0.2) is 32.4 Å². The second kappa shape index (κ2) is 6.36. The Morgan fingerprint density at radius 2 is 2.11 bits per heavy atom. The third-order valence-electron chi connectivity index (χ3n) is 2.53. The molecule has 19 heavy (non-hydrogen) atoms. The Hall–Kier alpha value is -1.11. The molecule has 1 unspecified atom stereocenters. The van der Waals surface area contributed by atoms with Gasteiger partial charge in [-0.1, -0.05) is 17.7 Å². The number of nitrogens with two attached hydrogens (primary N) is 1. The molecule has 0 fully saturated rings. The lowest BCUT2D eigenvalue weighted by Crippen LogP contribution is -2.32. The normalized spacial score (nSPS) is 13.2. The van der Waals surface area contributed by atoms with Crippen molar-refractivity contribution in [3.8, 4) is 0 Å². The van der Waals surface area contributed by atoms with Crippen molar-refractivity contribution in [2.75, 3.05) is 12.0 Å². The molecule has 5 nitrogen and oxygen atoms in total. The van der Waals surface area contributed by atoms with Gasteiger partial charge in [-0.15, -0.1) is 0 Å². The molecule has 0 saturated carbocycles. The summed E-state index contributed by atoms with van der Waals surface area (Å²) in [5, 5.41) is 3.49. The summed E-state index contributed by atoms with van der Waals surface area (Å²) < 4.78 is 22.2. The average Bonchev–Trinajstić information content (AvgIpc) is 2.24. The first-order chi connectivity index (χ1) is 8.69. The van der Waals surface area contributed by atoms with Crippen LogP contribution in [0.4, 0.5) is 0 Å². The Labute approximate surface area is 118 Å². The highest BCUT2D eigenvalue weighted by Gasteiger charge is 2.11. The Morgan fingerprint density at radius 3 is 2.58 bits per heavy atom. The summed E-state index contributed by atoms with van der Waals surface area (Å²) in [6.45, 7) is 2.21. The van der Waals surface area contributed by atoms with Crippen LogP contribution in [0.5, 0.6) is 0 Å². The molecule has 106 valence electrons. The average molecular weight is 305 g/mol. The van der Waals surface area contributed by atoms with E-state index in [0.717, 1.165) is 5.56 Å². The molecule has 0 aliphatic rings. The molecule has 0 aliphatic carbocycles. The van der Waals surface area contributed by atoms with E-state index in [1.165, 1.54) is 12.3 Å². The van der Waals surface area contributed by atoms with Gasteiger partial charge in [0.15, 0.2) is 0 Å². The second-order valence-corrected chi connectivity index (χ2v) is 7.14. The fraction of sp³-hybridized carbons (Fsp3) is 0.417. The van der Waals surface area contributed by atoms with E-state index in [2.05, 4.69) is 5.32 Å². The van der Waals surface area contributed by atoms with Crippen molar-refractivity contribution in [3.63, 3.8) is 0 Å². The molecule has 0 radical (unpaired) electrons. The lowest BCUT2D eigenvalue weighted by atomic mass is 10.1. The van der Waals surface area contributed by atoms with Crippen LogP contribution in [0.15, 0.2) is 18.2 Å². The van der Waals surface area contributed by atoms with Gasteiger partial charge >= 0.3 is 0 Å². The first kappa shape index (κ1) is 15.9. The maximum atomic E-state index is 11.1. The molecule has 7 heteroatoms. The maximum absolute atomic E-state index is 11.1. The minimum atomic E-state index is -3.01. The predicted molar refractivity (Wildman–Crippen MR) is 76.0 cm³/mol. The highest BCUT2D eigenvalue weighted by molar-refractivity contribution is 7.90. The number of hydrogen-bond acceptors (Lipinski definition) is 4. The van der Waals surface area contributed by atoms with E-state index in [4.69, 9.17) is 17.3 Å². The Balaban J connectivity index is 2.66. The largest absolute Gasteiger partial charge is 0.366 e. The fourth-order valence-electron chi connectivity index (χ4n) is 1.64. The van der Waals surface area contributed by atoms with Gasteiger partial charge in [0, 0.05) is 29.4 Å². The lowest BCUT2D eigenvalue weighted by Gasteiger charge is -2.13. The summed E-state index contributed by atoms with van der Waals surface area (Å²) in [6.07, 6.45) is 1.19. The number of carbonyl (C=O) groups is 1. The van der Waals surface area contributed by atoms with Crippen LogP contribution in [0.2, 0.25) is 5.02 Å². The molecule has 0 heterocycles. The summed E-state index contributed by atoms with van der Waals surface area (Å²) in [6, 6.07) is 4.61. The minimum absolute atomic E-state index is 0.0595. The number of amides is 1. The van der Waals surface area contributed by atoms with Gasteiger partial charge in [-0.3, -0.25) is 4.79 Å². The highest BCUT2D eigenvalue weighted by Crippen LogP contribution is 2.17. The van der Waals surface area contributed by atoms with Crippen LogP contribution in [-0.2, 0) is 16.4 Å². The van der Waals surface area contributed by atoms with E-state index in [1.54, 1.807) is 19.1 Å². The molecule has 0 aliphatic heterocycles. The van der Waals surface area contributed by atoms with Crippen molar-refractivity contribution in [3.05, 3.63) is 34.3 Å². The van der Waals surface area contributed by atoms with Gasteiger partial charge in [-0.05, 0) is 24.6 Å². The smallest absolute Gasteiger partial charge is 0.248 e. The van der Waals surface area contributed by atoms with Crippen LogP contribution in [0, 0.1) is 0 Å². The van der Waals surface area contributed by atoms with Crippen molar-refractivity contribution in [2.45, 2.75) is 19.5 Å². The van der Waals surface area contributed by atoms with E-state index in [-0.39, 0.29) is 11.8 Å². The fourth-order valence-corrected chi connectivity index (χ4v) is 2.91. The molecule has 0 bridgehead atoms. The van der Waals surface area contributed by atoms with Crippen molar-refractivity contribution in [1.82, 2.24) is 5.32 Å². The molecule has 1 rings (SSSR count). The zero-order chi connectivity index (χ0) is 14.6. The van der Waals surface area contributed by atoms with Gasteiger partial charge in [0.1, 0.15) is 9.84 Å². The SMILES string of the molecule is CC(CS(C)(=O)=O)NCc1ccc(C(N)=O)cc1Cl. The number of rotatable bonds is 6. The number of halogens is 1. The zero-order valence-electron chi connectivity index (χ0n) is 10.8. The van der Waals surface area contributed by atoms with Crippen LogP contribution in [0.1, 0.15) is 22.8 Å². The molecule has 1 atom stereocenters. The second-order valence-electron chi connectivity index (χ2n) is 4.54. The maximum Gasteiger partial charge on any atom is 0.248 e. The molecule has 1 aromatic carbocycles. The number of primary amides is 1. The molecule has 1 aromatic rings.